The van der Waals surface area contributed by atoms with Crippen LogP contribution in [0.1, 0.15) is 26.7 Å². The highest BCUT2D eigenvalue weighted by molar-refractivity contribution is 7.92. The number of hydrogen-bond donors (Lipinski definition) is 2. The molecule has 0 unspecified atom stereocenters. The normalized spacial score (nSPS) is 11.3. The predicted molar refractivity (Wildman–Crippen MR) is 82.8 cm³/mol. The van der Waals surface area contributed by atoms with E-state index in [9.17, 15) is 8.42 Å². The van der Waals surface area contributed by atoms with Crippen LogP contribution in [0.2, 0.25) is 0 Å². The van der Waals surface area contributed by atoms with E-state index in [2.05, 4.69) is 10.0 Å². The molecule has 0 saturated heterocycles. The SMILES string of the molecule is CCNCCCCS(=O)(=O)Nc1cccc(OCC)c1. The summed E-state index contributed by atoms with van der Waals surface area (Å²) < 4.78 is 31.8. The van der Waals surface area contributed by atoms with Crippen molar-refractivity contribution in [1.29, 1.82) is 0 Å². The topological polar surface area (TPSA) is 67.4 Å². The molecular formula is C14H24N2O3S. The van der Waals surface area contributed by atoms with Crippen molar-refractivity contribution < 1.29 is 13.2 Å². The smallest absolute Gasteiger partial charge is 0.232 e. The van der Waals surface area contributed by atoms with Gasteiger partial charge in [0.2, 0.25) is 10.0 Å². The van der Waals surface area contributed by atoms with Crippen molar-refractivity contribution in [2.45, 2.75) is 26.7 Å². The number of hydrogen-bond acceptors (Lipinski definition) is 4. The van der Waals surface area contributed by atoms with Gasteiger partial charge in [0.1, 0.15) is 5.75 Å². The minimum absolute atomic E-state index is 0.136. The molecule has 0 fully saturated rings. The predicted octanol–water partition coefficient (Wildman–Crippen LogP) is 2.22. The molecule has 0 heterocycles. The largest absolute Gasteiger partial charge is 0.494 e. The molecule has 0 aromatic heterocycles. The average molecular weight is 300 g/mol. The van der Waals surface area contributed by atoms with Crippen molar-refractivity contribution in [2.75, 3.05) is 30.2 Å². The molecule has 0 radical (unpaired) electrons. The van der Waals surface area contributed by atoms with E-state index in [1.807, 2.05) is 13.8 Å². The Morgan fingerprint density at radius 2 is 2.00 bits per heavy atom. The molecule has 0 bridgehead atoms. The molecule has 6 heteroatoms. The number of nitrogens with one attached hydrogen (secondary N) is 2. The van der Waals surface area contributed by atoms with E-state index in [1.165, 1.54) is 0 Å². The maximum Gasteiger partial charge on any atom is 0.232 e. The maximum absolute atomic E-state index is 11.9. The summed E-state index contributed by atoms with van der Waals surface area (Å²) in [6.45, 7) is 6.24. The molecule has 0 spiro atoms. The van der Waals surface area contributed by atoms with Crippen molar-refractivity contribution in [2.24, 2.45) is 0 Å². The van der Waals surface area contributed by atoms with Crippen LogP contribution in [0.15, 0.2) is 24.3 Å². The summed E-state index contributed by atoms with van der Waals surface area (Å²) in [4.78, 5) is 0. The van der Waals surface area contributed by atoms with Gasteiger partial charge >= 0.3 is 0 Å². The summed E-state index contributed by atoms with van der Waals surface area (Å²) in [5.41, 5.74) is 0.544. The van der Waals surface area contributed by atoms with Gasteiger partial charge in [0.05, 0.1) is 18.0 Å². The number of benzene rings is 1. The van der Waals surface area contributed by atoms with Crippen LogP contribution in [-0.2, 0) is 10.0 Å². The lowest BCUT2D eigenvalue weighted by atomic mass is 10.3. The van der Waals surface area contributed by atoms with Gasteiger partial charge in [0.25, 0.3) is 0 Å². The van der Waals surface area contributed by atoms with Gasteiger partial charge in [0.15, 0.2) is 0 Å². The lowest BCUT2D eigenvalue weighted by molar-refractivity contribution is 0.340. The Morgan fingerprint density at radius 3 is 2.70 bits per heavy atom. The zero-order chi connectivity index (χ0) is 14.8. The standard InChI is InChI=1S/C14H24N2O3S/c1-3-15-10-5-6-11-20(17,18)16-13-8-7-9-14(12-13)19-4-2/h7-9,12,15-16H,3-6,10-11H2,1-2H3. The number of rotatable bonds is 10. The second kappa shape index (κ2) is 8.81. The van der Waals surface area contributed by atoms with Crippen LogP contribution < -0.4 is 14.8 Å². The lowest BCUT2D eigenvalue weighted by Gasteiger charge is -2.10. The Bertz CT molecular complexity index is 489. The second-order valence-corrected chi connectivity index (χ2v) is 6.28. The van der Waals surface area contributed by atoms with Crippen LogP contribution in [-0.4, -0.2) is 33.9 Å². The van der Waals surface area contributed by atoms with Crippen LogP contribution >= 0.6 is 0 Å². The van der Waals surface area contributed by atoms with Crippen molar-refractivity contribution in [3.63, 3.8) is 0 Å². The highest BCUT2D eigenvalue weighted by Crippen LogP contribution is 2.18. The van der Waals surface area contributed by atoms with Crippen molar-refractivity contribution in [3.05, 3.63) is 24.3 Å². The van der Waals surface area contributed by atoms with Gasteiger partial charge in [-0.15, -0.1) is 0 Å². The summed E-state index contributed by atoms with van der Waals surface area (Å²) in [7, 11) is -3.29. The maximum atomic E-state index is 11.9. The third kappa shape index (κ3) is 6.77. The first-order valence-electron chi connectivity index (χ1n) is 7.01. The quantitative estimate of drug-likeness (QED) is 0.650. The minimum atomic E-state index is -3.29. The van der Waals surface area contributed by atoms with E-state index in [4.69, 9.17) is 4.74 Å². The molecule has 0 saturated carbocycles. The van der Waals surface area contributed by atoms with E-state index < -0.39 is 10.0 Å². The molecule has 0 atom stereocenters. The van der Waals surface area contributed by atoms with Gasteiger partial charge in [-0.25, -0.2) is 8.42 Å². The van der Waals surface area contributed by atoms with Crippen molar-refractivity contribution in [3.8, 4) is 5.75 Å². The van der Waals surface area contributed by atoms with Crippen molar-refractivity contribution >= 4 is 15.7 Å². The Hall–Kier alpha value is -1.27. The third-order valence-corrected chi connectivity index (χ3v) is 4.06. The van der Waals surface area contributed by atoms with Gasteiger partial charge < -0.3 is 10.1 Å². The number of anilines is 1. The molecule has 0 amide bonds. The molecule has 5 nitrogen and oxygen atoms in total. The highest BCUT2D eigenvalue weighted by Gasteiger charge is 2.10. The molecule has 114 valence electrons. The summed E-state index contributed by atoms with van der Waals surface area (Å²) in [6.07, 6.45) is 1.50. The minimum Gasteiger partial charge on any atom is -0.494 e. The monoisotopic (exact) mass is 300 g/mol. The molecule has 1 rings (SSSR count). The first-order chi connectivity index (χ1) is 9.57. The van der Waals surface area contributed by atoms with Crippen molar-refractivity contribution in [1.82, 2.24) is 5.32 Å². The summed E-state index contributed by atoms with van der Waals surface area (Å²) in [5.74, 6) is 0.803. The average Bonchev–Trinajstić information content (AvgIpc) is 2.38. The fraction of sp³-hybridized carbons (Fsp3) is 0.571. The van der Waals surface area contributed by atoms with Gasteiger partial charge in [-0.1, -0.05) is 13.0 Å². The van der Waals surface area contributed by atoms with Crippen LogP contribution in [0.25, 0.3) is 0 Å². The lowest BCUT2D eigenvalue weighted by Crippen LogP contribution is -2.19. The Balaban J connectivity index is 2.47. The van der Waals surface area contributed by atoms with E-state index in [-0.39, 0.29) is 5.75 Å². The number of unbranched alkanes of at least 4 members (excludes halogenated alkanes) is 1. The van der Waals surface area contributed by atoms with Crippen LogP contribution in [0.3, 0.4) is 0 Å². The van der Waals surface area contributed by atoms with Crippen LogP contribution in [0.5, 0.6) is 5.75 Å². The van der Waals surface area contributed by atoms with Gasteiger partial charge in [-0.05, 0) is 45.0 Å². The van der Waals surface area contributed by atoms with Gasteiger partial charge in [-0.2, -0.15) is 0 Å². The number of sulfonamides is 1. The molecule has 1 aromatic carbocycles. The number of ether oxygens (including phenoxy) is 1. The first kappa shape index (κ1) is 16.8. The van der Waals surface area contributed by atoms with Gasteiger partial charge in [0, 0.05) is 6.07 Å². The summed E-state index contributed by atoms with van der Waals surface area (Å²) in [6, 6.07) is 6.99. The van der Waals surface area contributed by atoms with Crippen LogP contribution in [0.4, 0.5) is 5.69 Å². The van der Waals surface area contributed by atoms with E-state index in [0.717, 1.165) is 19.5 Å². The molecule has 2 N–H and O–H groups in total. The fourth-order valence-corrected chi connectivity index (χ4v) is 2.94. The Labute approximate surface area is 121 Å². The second-order valence-electron chi connectivity index (χ2n) is 4.44. The zero-order valence-electron chi connectivity index (χ0n) is 12.2. The third-order valence-electron chi connectivity index (χ3n) is 2.69. The summed E-state index contributed by atoms with van der Waals surface area (Å²) >= 11 is 0. The fourth-order valence-electron chi connectivity index (χ4n) is 1.77. The highest BCUT2D eigenvalue weighted by atomic mass is 32.2. The molecule has 20 heavy (non-hydrogen) atoms. The van der Waals surface area contributed by atoms with E-state index >= 15 is 0 Å². The molecular weight excluding hydrogens is 276 g/mol. The Morgan fingerprint density at radius 1 is 1.20 bits per heavy atom. The molecule has 1 aromatic rings. The van der Waals surface area contributed by atoms with E-state index in [0.29, 0.717) is 24.5 Å². The van der Waals surface area contributed by atoms with Gasteiger partial charge in [-0.3, -0.25) is 4.72 Å². The molecule has 0 aliphatic heterocycles. The zero-order valence-corrected chi connectivity index (χ0v) is 13.0. The van der Waals surface area contributed by atoms with E-state index in [1.54, 1.807) is 24.3 Å². The Kier molecular flexibility index (Phi) is 7.40. The van der Waals surface area contributed by atoms with Crippen LogP contribution in [0, 0.1) is 0 Å². The first-order valence-corrected chi connectivity index (χ1v) is 8.66. The molecule has 0 aliphatic carbocycles. The molecule has 0 aliphatic rings. The summed E-state index contributed by atoms with van der Waals surface area (Å²) in [5, 5.41) is 3.17.